The number of aromatic nitrogens is 2. The Morgan fingerprint density at radius 3 is 2.90 bits per heavy atom. The van der Waals surface area contributed by atoms with Gasteiger partial charge in [-0.25, -0.2) is 4.79 Å². The molecule has 10 heavy (non-hydrogen) atoms. The van der Waals surface area contributed by atoms with E-state index in [2.05, 4.69) is 4.98 Å². The average molecular weight is 143 g/mol. The van der Waals surface area contributed by atoms with Crippen LogP contribution in [0.5, 0.6) is 5.88 Å². The molecule has 56 valence electrons. The van der Waals surface area contributed by atoms with Crippen molar-refractivity contribution < 1.29 is 5.11 Å². The Kier molecular flexibility index (Phi) is 1.77. The van der Waals surface area contributed by atoms with Gasteiger partial charge in [-0.15, -0.1) is 0 Å². The smallest absolute Gasteiger partial charge is 0.328 e. The predicted octanol–water partition coefficient (Wildman–Crippen LogP) is -1.16. The minimum absolute atomic E-state index is 0.0737. The van der Waals surface area contributed by atoms with E-state index in [0.29, 0.717) is 13.1 Å². The van der Waals surface area contributed by atoms with Crippen molar-refractivity contribution in [2.45, 2.75) is 6.54 Å². The van der Waals surface area contributed by atoms with Gasteiger partial charge in [-0.2, -0.15) is 0 Å². The standard InChI is InChI=1S/C5H9N3O2/c6-1-2-8-4(9)3-7-5(8)10/h3,9H,1-2,6H2,(H,7,10). The topological polar surface area (TPSA) is 84.0 Å². The molecule has 0 radical (unpaired) electrons. The summed E-state index contributed by atoms with van der Waals surface area (Å²) in [4.78, 5) is 13.0. The first-order chi connectivity index (χ1) is 4.75. The fourth-order valence-corrected chi connectivity index (χ4v) is 0.731. The first kappa shape index (κ1) is 6.88. The van der Waals surface area contributed by atoms with Gasteiger partial charge in [-0.3, -0.25) is 4.57 Å². The number of nitrogens with one attached hydrogen (secondary N) is 1. The number of imidazole rings is 1. The number of nitrogens with two attached hydrogens (primary N) is 1. The maximum Gasteiger partial charge on any atom is 0.328 e. The first-order valence-electron chi connectivity index (χ1n) is 2.93. The zero-order valence-electron chi connectivity index (χ0n) is 5.37. The highest BCUT2D eigenvalue weighted by atomic mass is 16.3. The molecule has 0 aromatic carbocycles. The second kappa shape index (κ2) is 2.57. The zero-order chi connectivity index (χ0) is 7.56. The van der Waals surface area contributed by atoms with E-state index in [-0.39, 0.29) is 11.6 Å². The highest BCUT2D eigenvalue weighted by Gasteiger charge is 2.00. The second-order valence-corrected chi connectivity index (χ2v) is 1.89. The molecule has 0 saturated carbocycles. The van der Waals surface area contributed by atoms with Crippen molar-refractivity contribution in [3.05, 3.63) is 16.7 Å². The zero-order valence-corrected chi connectivity index (χ0v) is 5.37. The number of nitrogens with zero attached hydrogens (tertiary/aromatic N) is 1. The first-order valence-corrected chi connectivity index (χ1v) is 2.93. The molecule has 0 aliphatic heterocycles. The minimum Gasteiger partial charge on any atom is -0.493 e. The number of rotatable bonds is 2. The largest absolute Gasteiger partial charge is 0.493 e. The predicted molar refractivity (Wildman–Crippen MR) is 35.8 cm³/mol. The van der Waals surface area contributed by atoms with Gasteiger partial charge in [0.05, 0.1) is 6.20 Å². The summed E-state index contributed by atoms with van der Waals surface area (Å²) in [5.41, 5.74) is 4.84. The summed E-state index contributed by atoms with van der Waals surface area (Å²) in [5, 5.41) is 8.94. The molecule has 0 aliphatic carbocycles. The van der Waals surface area contributed by atoms with Gasteiger partial charge in [0, 0.05) is 13.1 Å². The summed E-state index contributed by atoms with van der Waals surface area (Å²) in [6.07, 6.45) is 1.23. The molecule has 0 atom stereocenters. The van der Waals surface area contributed by atoms with Crippen molar-refractivity contribution >= 4 is 0 Å². The number of H-pyrrole nitrogens is 1. The van der Waals surface area contributed by atoms with E-state index < -0.39 is 0 Å². The summed E-state index contributed by atoms with van der Waals surface area (Å²) in [5.74, 6) is -0.0737. The van der Waals surface area contributed by atoms with Crippen molar-refractivity contribution in [1.82, 2.24) is 9.55 Å². The van der Waals surface area contributed by atoms with Crippen LogP contribution < -0.4 is 11.4 Å². The van der Waals surface area contributed by atoms with Gasteiger partial charge in [-0.05, 0) is 0 Å². The van der Waals surface area contributed by atoms with Crippen LogP contribution in [-0.2, 0) is 6.54 Å². The van der Waals surface area contributed by atoms with E-state index >= 15 is 0 Å². The summed E-state index contributed by atoms with van der Waals surface area (Å²) >= 11 is 0. The highest BCUT2D eigenvalue weighted by molar-refractivity contribution is 5.02. The molecule has 5 heteroatoms. The summed E-state index contributed by atoms with van der Waals surface area (Å²) in [7, 11) is 0. The maximum absolute atomic E-state index is 10.7. The lowest BCUT2D eigenvalue weighted by molar-refractivity contribution is 0.415. The number of aromatic hydroxyl groups is 1. The number of hydrogen-bond donors (Lipinski definition) is 3. The van der Waals surface area contributed by atoms with Crippen LogP contribution in [0, 0.1) is 0 Å². The van der Waals surface area contributed by atoms with Crippen LogP contribution in [-0.4, -0.2) is 21.2 Å². The molecular formula is C5H9N3O2. The fourth-order valence-electron chi connectivity index (χ4n) is 0.731. The third-order valence-electron chi connectivity index (χ3n) is 1.20. The van der Waals surface area contributed by atoms with Crippen LogP contribution in [0.25, 0.3) is 0 Å². The Labute approximate surface area is 57.1 Å². The summed E-state index contributed by atoms with van der Waals surface area (Å²) in [6, 6.07) is 0. The number of hydrogen-bond acceptors (Lipinski definition) is 3. The third kappa shape index (κ3) is 1.03. The normalized spacial score (nSPS) is 10.1. The van der Waals surface area contributed by atoms with Crippen molar-refractivity contribution in [2.75, 3.05) is 6.54 Å². The minimum atomic E-state index is -0.331. The summed E-state index contributed by atoms with van der Waals surface area (Å²) < 4.78 is 1.17. The van der Waals surface area contributed by atoms with E-state index in [4.69, 9.17) is 10.8 Å². The molecule has 0 saturated heterocycles. The Hall–Kier alpha value is -1.23. The van der Waals surface area contributed by atoms with Crippen molar-refractivity contribution in [3.8, 4) is 5.88 Å². The van der Waals surface area contributed by atoms with Crippen LogP contribution in [0.3, 0.4) is 0 Å². The van der Waals surface area contributed by atoms with Gasteiger partial charge in [0.25, 0.3) is 0 Å². The molecule has 1 heterocycles. The third-order valence-corrected chi connectivity index (χ3v) is 1.20. The second-order valence-electron chi connectivity index (χ2n) is 1.89. The molecular weight excluding hydrogens is 134 g/mol. The quantitative estimate of drug-likeness (QED) is 0.488. The monoisotopic (exact) mass is 143 g/mol. The molecule has 1 aromatic rings. The van der Waals surface area contributed by atoms with Crippen LogP contribution in [0.1, 0.15) is 0 Å². The van der Waals surface area contributed by atoms with Crippen LogP contribution in [0.2, 0.25) is 0 Å². The van der Waals surface area contributed by atoms with Crippen LogP contribution in [0.4, 0.5) is 0 Å². The van der Waals surface area contributed by atoms with E-state index in [9.17, 15) is 4.79 Å². The van der Waals surface area contributed by atoms with Gasteiger partial charge in [-0.1, -0.05) is 0 Å². The molecule has 0 fully saturated rings. The summed E-state index contributed by atoms with van der Waals surface area (Å²) in [6.45, 7) is 0.680. The van der Waals surface area contributed by atoms with Gasteiger partial charge < -0.3 is 15.8 Å². The molecule has 0 bridgehead atoms. The van der Waals surface area contributed by atoms with Gasteiger partial charge in [0.2, 0.25) is 5.88 Å². The molecule has 1 aromatic heterocycles. The Morgan fingerprint density at radius 1 is 1.80 bits per heavy atom. The fraction of sp³-hybridized carbons (Fsp3) is 0.400. The lowest BCUT2D eigenvalue weighted by atomic mass is 10.6. The molecule has 1 rings (SSSR count). The molecule has 0 unspecified atom stereocenters. The SMILES string of the molecule is NCCn1c(O)c[nH]c1=O. The maximum atomic E-state index is 10.7. The van der Waals surface area contributed by atoms with Gasteiger partial charge in [0.1, 0.15) is 0 Å². The Morgan fingerprint density at radius 2 is 2.50 bits per heavy atom. The van der Waals surface area contributed by atoms with Gasteiger partial charge >= 0.3 is 5.69 Å². The van der Waals surface area contributed by atoms with Crippen molar-refractivity contribution in [1.29, 1.82) is 0 Å². The van der Waals surface area contributed by atoms with Crippen LogP contribution >= 0.6 is 0 Å². The van der Waals surface area contributed by atoms with Gasteiger partial charge in [0.15, 0.2) is 0 Å². The Balaban J connectivity index is 2.99. The van der Waals surface area contributed by atoms with Crippen LogP contribution in [0.15, 0.2) is 11.0 Å². The van der Waals surface area contributed by atoms with Crippen molar-refractivity contribution in [3.63, 3.8) is 0 Å². The molecule has 0 aliphatic rings. The molecule has 4 N–H and O–H groups in total. The number of aromatic amines is 1. The van der Waals surface area contributed by atoms with E-state index in [0.717, 1.165) is 0 Å². The lowest BCUT2D eigenvalue weighted by Gasteiger charge is -1.96. The lowest BCUT2D eigenvalue weighted by Crippen LogP contribution is -2.21. The van der Waals surface area contributed by atoms with E-state index in [1.54, 1.807) is 0 Å². The van der Waals surface area contributed by atoms with E-state index in [1.165, 1.54) is 10.8 Å². The average Bonchev–Trinajstić information content (AvgIpc) is 2.20. The molecule has 0 spiro atoms. The Bertz CT molecular complexity index is 262. The van der Waals surface area contributed by atoms with Crippen molar-refractivity contribution in [2.24, 2.45) is 5.73 Å². The van der Waals surface area contributed by atoms with E-state index in [1.807, 2.05) is 0 Å². The molecule has 5 nitrogen and oxygen atoms in total. The molecule has 0 amide bonds. The highest BCUT2D eigenvalue weighted by Crippen LogP contribution is 1.99.